The standard InChI is InChI=1S/C11H14ClF/c1-2-3-10(12)8-9-4-6-11(13)7-5-9/h4-7,10H,2-3,8H2,1H3. The summed E-state index contributed by atoms with van der Waals surface area (Å²) in [6.45, 7) is 2.11. The van der Waals surface area contributed by atoms with Crippen LogP contribution in [-0.4, -0.2) is 5.38 Å². The molecule has 0 spiro atoms. The Morgan fingerprint density at radius 1 is 1.31 bits per heavy atom. The number of hydrogen-bond donors (Lipinski definition) is 0. The first-order valence-corrected chi connectivity index (χ1v) is 5.04. The van der Waals surface area contributed by atoms with E-state index in [2.05, 4.69) is 6.92 Å². The molecular weight excluding hydrogens is 187 g/mol. The topological polar surface area (TPSA) is 0 Å². The molecular formula is C11H14ClF. The molecule has 72 valence electrons. The van der Waals surface area contributed by atoms with E-state index in [0.717, 1.165) is 24.8 Å². The lowest BCUT2D eigenvalue weighted by Crippen LogP contribution is -2.02. The molecule has 0 bridgehead atoms. The van der Waals surface area contributed by atoms with Crippen LogP contribution in [0.25, 0.3) is 0 Å². The Balaban J connectivity index is 2.49. The van der Waals surface area contributed by atoms with E-state index in [9.17, 15) is 4.39 Å². The van der Waals surface area contributed by atoms with Gasteiger partial charge >= 0.3 is 0 Å². The fourth-order valence-electron chi connectivity index (χ4n) is 1.29. The molecule has 0 aliphatic heterocycles. The Morgan fingerprint density at radius 2 is 1.92 bits per heavy atom. The van der Waals surface area contributed by atoms with Crippen molar-refractivity contribution in [3.63, 3.8) is 0 Å². The number of hydrogen-bond acceptors (Lipinski definition) is 0. The third-order valence-electron chi connectivity index (χ3n) is 1.97. The first-order valence-electron chi connectivity index (χ1n) is 4.61. The van der Waals surface area contributed by atoms with Gasteiger partial charge in [-0.15, -0.1) is 11.6 Å². The van der Waals surface area contributed by atoms with Crippen molar-refractivity contribution in [2.24, 2.45) is 0 Å². The lowest BCUT2D eigenvalue weighted by atomic mass is 10.1. The van der Waals surface area contributed by atoms with Crippen LogP contribution in [0.15, 0.2) is 24.3 Å². The van der Waals surface area contributed by atoms with Crippen LogP contribution in [0.3, 0.4) is 0 Å². The zero-order chi connectivity index (χ0) is 9.68. The number of benzene rings is 1. The van der Waals surface area contributed by atoms with E-state index in [4.69, 9.17) is 11.6 Å². The lowest BCUT2D eigenvalue weighted by molar-refractivity contribution is 0.626. The highest BCUT2D eigenvalue weighted by Gasteiger charge is 2.04. The lowest BCUT2D eigenvalue weighted by Gasteiger charge is -2.07. The second-order valence-electron chi connectivity index (χ2n) is 3.22. The molecule has 1 rings (SSSR count). The van der Waals surface area contributed by atoms with Gasteiger partial charge in [0.15, 0.2) is 0 Å². The molecule has 0 radical (unpaired) electrons. The normalized spacial score (nSPS) is 12.8. The van der Waals surface area contributed by atoms with E-state index >= 15 is 0 Å². The molecule has 0 saturated heterocycles. The molecule has 0 aliphatic rings. The van der Waals surface area contributed by atoms with Crippen LogP contribution < -0.4 is 0 Å². The molecule has 0 saturated carbocycles. The third kappa shape index (κ3) is 3.77. The monoisotopic (exact) mass is 200 g/mol. The van der Waals surface area contributed by atoms with Crippen LogP contribution in [0.4, 0.5) is 4.39 Å². The van der Waals surface area contributed by atoms with Gasteiger partial charge in [-0.2, -0.15) is 0 Å². The summed E-state index contributed by atoms with van der Waals surface area (Å²) in [6.07, 6.45) is 2.93. The zero-order valence-electron chi connectivity index (χ0n) is 7.76. The van der Waals surface area contributed by atoms with E-state index < -0.39 is 0 Å². The molecule has 0 nitrogen and oxygen atoms in total. The SMILES string of the molecule is CCCC(Cl)Cc1ccc(F)cc1. The molecule has 1 atom stereocenters. The molecule has 1 aromatic rings. The van der Waals surface area contributed by atoms with Gasteiger partial charge in [0.25, 0.3) is 0 Å². The minimum absolute atomic E-state index is 0.176. The molecule has 2 heteroatoms. The van der Waals surface area contributed by atoms with Crippen molar-refractivity contribution in [2.75, 3.05) is 0 Å². The van der Waals surface area contributed by atoms with Gasteiger partial charge in [0.1, 0.15) is 5.82 Å². The smallest absolute Gasteiger partial charge is 0.123 e. The molecule has 0 heterocycles. The van der Waals surface area contributed by atoms with Gasteiger partial charge < -0.3 is 0 Å². The number of halogens is 2. The maximum Gasteiger partial charge on any atom is 0.123 e. The van der Waals surface area contributed by atoms with Crippen molar-refractivity contribution in [1.82, 2.24) is 0 Å². The fraction of sp³-hybridized carbons (Fsp3) is 0.455. The van der Waals surface area contributed by atoms with Gasteiger partial charge in [0.2, 0.25) is 0 Å². The average Bonchev–Trinajstić information content (AvgIpc) is 2.09. The summed E-state index contributed by atoms with van der Waals surface area (Å²) < 4.78 is 12.5. The van der Waals surface area contributed by atoms with Crippen LogP contribution in [-0.2, 0) is 6.42 Å². The minimum atomic E-state index is -0.189. The van der Waals surface area contributed by atoms with Gasteiger partial charge in [0, 0.05) is 5.38 Å². The molecule has 1 aromatic carbocycles. The van der Waals surface area contributed by atoms with E-state index in [0.29, 0.717) is 0 Å². The van der Waals surface area contributed by atoms with Crippen LogP contribution in [0.5, 0.6) is 0 Å². The third-order valence-corrected chi connectivity index (χ3v) is 2.34. The van der Waals surface area contributed by atoms with Crippen molar-refractivity contribution < 1.29 is 4.39 Å². The average molecular weight is 201 g/mol. The maximum atomic E-state index is 12.5. The summed E-state index contributed by atoms with van der Waals surface area (Å²) in [5.74, 6) is -0.189. The van der Waals surface area contributed by atoms with Crippen molar-refractivity contribution in [1.29, 1.82) is 0 Å². The summed E-state index contributed by atoms with van der Waals surface area (Å²) in [5.41, 5.74) is 1.11. The van der Waals surface area contributed by atoms with Gasteiger partial charge in [-0.3, -0.25) is 0 Å². The van der Waals surface area contributed by atoms with Crippen LogP contribution >= 0.6 is 11.6 Å². The maximum absolute atomic E-state index is 12.5. The first kappa shape index (κ1) is 10.5. The summed E-state index contributed by atoms with van der Waals surface area (Å²) in [4.78, 5) is 0. The highest BCUT2D eigenvalue weighted by Crippen LogP contribution is 2.13. The van der Waals surface area contributed by atoms with Gasteiger partial charge in [0.05, 0.1) is 0 Å². The van der Waals surface area contributed by atoms with E-state index in [1.54, 1.807) is 12.1 Å². The second kappa shape index (κ2) is 5.23. The van der Waals surface area contributed by atoms with Crippen LogP contribution in [0, 0.1) is 5.82 Å². The molecule has 1 unspecified atom stereocenters. The Bertz CT molecular complexity index is 243. The summed E-state index contributed by atoms with van der Waals surface area (Å²) >= 11 is 6.06. The summed E-state index contributed by atoms with van der Waals surface area (Å²) in [7, 11) is 0. The molecule has 13 heavy (non-hydrogen) atoms. The van der Waals surface area contributed by atoms with Crippen molar-refractivity contribution >= 4 is 11.6 Å². The largest absolute Gasteiger partial charge is 0.207 e. The zero-order valence-corrected chi connectivity index (χ0v) is 8.52. The summed E-state index contributed by atoms with van der Waals surface area (Å²) in [5, 5.41) is 0.176. The van der Waals surface area contributed by atoms with Crippen LogP contribution in [0.2, 0.25) is 0 Å². The molecule has 0 amide bonds. The second-order valence-corrected chi connectivity index (χ2v) is 3.83. The Kier molecular flexibility index (Phi) is 4.23. The van der Waals surface area contributed by atoms with Crippen molar-refractivity contribution in [3.05, 3.63) is 35.6 Å². The quantitative estimate of drug-likeness (QED) is 0.649. The highest BCUT2D eigenvalue weighted by atomic mass is 35.5. The fourth-order valence-corrected chi connectivity index (χ4v) is 1.69. The minimum Gasteiger partial charge on any atom is -0.207 e. The van der Waals surface area contributed by atoms with Crippen molar-refractivity contribution in [3.8, 4) is 0 Å². The Hall–Kier alpha value is -0.560. The van der Waals surface area contributed by atoms with Crippen LogP contribution in [0.1, 0.15) is 25.3 Å². The molecule has 0 aromatic heterocycles. The van der Waals surface area contributed by atoms with Crippen molar-refractivity contribution in [2.45, 2.75) is 31.6 Å². The predicted molar refractivity (Wildman–Crippen MR) is 54.7 cm³/mol. The van der Waals surface area contributed by atoms with E-state index in [1.165, 1.54) is 12.1 Å². The highest BCUT2D eigenvalue weighted by molar-refractivity contribution is 6.20. The van der Waals surface area contributed by atoms with Gasteiger partial charge in [-0.05, 0) is 30.5 Å². The van der Waals surface area contributed by atoms with Gasteiger partial charge in [-0.25, -0.2) is 4.39 Å². The Labute approximate surface area is 83.7 Å². The van der Waals surface area contributed by atoms with E-state index in [1.807, 2.05) is 0 Å². The Morgan fingerprint density at radius 3 is 2.46 bits per heavy atom. The first-order chi connectivity index (χ1) is 6.22. The van der Waals surface area contributed by atoms with E-state index in [-0.39, 0.29) is 11.2 Å². The number of alkyl halides is 1. The number of rotatable bonds is 4. The summed E-state index contributed by atoms with van der Waals surface area (Å²) in [6, 6.07) is 6.54. The molecule has 0 fully saturated rings. The van der Waals surface area contributed by atoms with Gasteiger partial charge in [-0.1, -0.05) is 25.5 Å². The molecule has 0 aliphatic carbocycles. The predicted octanol–water partition coefficient (Wildman–Crippen LogP) is 3.78. The molecule has 0 N–H and O–H groups in total.